The van der Waals surface area contributed by atoms with Crippen LogP contribution in [0.15, 0.2) is 29.4 Å². The topological polar surface area (TPSA) is 63.9 Å². The van der Waals surface area contributed by atoms with Crippen LogP contribution < -0.4 is 0 Å². The molecule has 2 aromatic rings. The Hall–Kier alpha value is -1.89. The number of carbonyl (C=O) groups is 1. The van der Waals surface area contributed by atoms with Crippen molar-refractivity contribution in [3.63, 3.8) is 0 Å². The van der Waals surface area contributed by atoms with Crippen molar-refractivity contribution in [1.29, 1.82) is 0 Å². The molecule has 27 heavy (non-hydrogen) atoms. The Morgan fingerprint density at radius 1 is 1.19 bits per heavy atom. The number of hydrogen-bond acceptors (Lipinski definition) is 5. The first kappa shape index (κ1) is 19.9. The number of benzene rings is 1. The van der Waals surface area contributed by atoms with Crippen molar-refractivity contribution < 1.29 is 4.79 Å². The second-order valence-corrected chi connectivity index (χ2v) is 8.84. The van der Waals surface area contributed by atoms with E-state index in [-0.39, 0.29) is 17.1 Å². The van der Waals surface area contributed by atoms with Crippen LogP contribution in [-0.4, -0.2) is 49.4 Å². The first-order chi connectivity index (χ1) is 13.0. The maximum atomic E-state index is 13.2. The minimum atomic E-state index is -0.202. The molecule has 1 atom stereocenters. The van der Waals surface area contributed by atoms with Crippen molar-refractivity contribution in [2.45, 2.75) is 69.3 Å². The summed E-state index contributed by atoms with van der Waals surface area (Å²) in [6.07, 6.45) is 5.94. The molecule has 0 N–H and O–H groups in total. The Balaban J connectivity index is 1.78. The summed E-state index contributed by atoms with van der Waals surface area (Å²) in [6.45, 7) is 6.22. The molecule has 1 amide bonds. The Kier molecular flexibility index (Phi) is 6.52. The minimum absolute atomic E-state index is 0.181. The van der Waals surface area contributed by atoms with E-state index in [2.05, 4.69) is 29.4 Å². The molecular formula is C20H29N5OS. The van der Waals surface area contributed by atoms with Gasteiger partial charge in [-0.1, -0.05) is 62.6 Å². The van der Waals surface area contributed by atoms with Crippen LogP contribution in [0.2, 0.25) is 0 Å². The molecule has 1 aromatic heterocycles. The third-order valence-electron chi connectivity index (χ3n) is 5.27. The molecule has 0 unspecified atom stereocenters. The second kappa shape index (κ2) is 8.87. The summed E-state index contributed by atoms with van der Waals surface area (Å²) in [5.74, 6) is 0.372. The number of hydrogen-bond donors (Lipinski definition) is 0. The summed E-state index contributed by atoms with van der Waals surface area (Å²) in [7, 11) is 1.96. The van der Waals surface area contributed by atoms with Gasteiger partial charge in [0.15, 0.2) is 0 Å². The summed E-state index contributed by atoms with van der Waals surface area (Å²) in [5.41, 5.74) is 2.09. The monoisotopic (exact) mass is 387 g/mol. The first-order valence-corrected chi connectivity index (χ1v) is 10.6. The van der Waals surface area contributed by atoms with Crippen LogP contribution in [0.1, 0.15) is 51.5 Å². The quantitative estimate of drug-likeness (QED) is 0.704. The van der Waals surface area contributed by atoms with E-state index >= 15 is 0 Å². The van der Waals surface area contributed by atoms with Gasteiger partial charge >= 0.3 is 0 Å². The second-order valence-electron chi connectivity index (χ2n) is 7.73. The molecule has 1 heterocycles. The molecule has 6 nitrogen and oxygen atoms in total. The maximum Gasteiger partial charge on any atom is 0.236 e. The van der Waals surface area contributed by atoms with E-state index in [0.29, 0.717) is 11.2 Å². The van der Waals surface area contributed by atoms with Crippen molar-refractivity contribution in [1.82, 2.24) is 25.1 Å². The highest BCUT2D eigenvalue weighted by atomic mass is 32.2. The summed E-state index contributed by atoms with van der Waals surface area (Å²) in [5, 5.41) is 12.6. The largest absolute Gasteiger partial charge is 0.342 e. The number of nitrogens with zero attached hydrogens (tertiary/aromatic N) is 5. The number of amides is 1. The van der Waals surface area contributed by atoms with Crippen LogP contribution in [-0.2, 0) is 4.79 Å². The van der Waals surface area contributed by atoms with Gasteiger partial charge in [0, 0.05) is 13.1 Å². The summed E-state index contributed by atoms with van der Waals surface area (Å²) < 4.78 is 1.72. The normalized spacial score (nSPS) is 16.5. The van der Waals surface area contributed by atoms with Crippen molar-refractivity contribution >= 4 is 17.7 Å². The molecule has 0 radical (unpaired) electrons. The number of aryl methyl sites for hydroxylation is 1. The van der Waals surface area contributed by atoms with E-state index in [4.69, 9.17) is 0 Å². The smallest absolute Gasteiger partial charge is 0.236 e. The standard InChI is InChI=1S/C20H29N5OS/c1-14(2)18(19(26)24(4)16-8-6-5-7-9-16)27-20-21-22-23-25(20)17-12-10-15(3)11-13-17/h10-14,16,18H,5-9H2,1-4H3/t18-/m1/s1. The third kappa shape index (κ3) is 4.69. The average molecular weight is 388 g/mol. The molecule has 0 spiro atoms. The van der Waals surface area contributed by atoms with E-state index < -0.39 is 0 Å². The summed E-state index contributed by atoms with van der Waals surface area (Å²) in [4.78, 5) is 15.2. The zero-order chi connectivity index (χ0) is 19.4. The van der Waals surface area contributed by atoms with Gasteiger partial charge in [-0.25, -0.2) is 0 Å². The van der Waals surface area contributed by atoms with E-state index in [1.807, 2.05) is 43.1 Å². The molecule has 1 aliphatic rings. The predicted molar refractivity (Wildman–Crippen MR) is 108 cm³/mol. The Morgan fingerprint density at radius 2 is 1.85 bits per heavy atom. The zero-order valence-corrected chi connectivity index (χ0v) is 17.4. The van der Waals surface area contributed by atoms with Crippen LogP contribution in [0.4, 0.5) is 0 Å². The highest BCUT2D eigenvalue weighted by molar-refractivity contribution is 8.00. The highest BCUT2D eigenvalue weighted by Gasteiger charge is 2.32. The number of aromatic nitrogens is 4. The van der Waals surface area contributed by atoms with Gasteiger partial charge in [-0.2, -0.15) is 4.68 Å². The van der Waals surface area contributed by atoms with Crippen molar-refractivity contribution in [3.05, 3.63) is 29.8 Å². The van der Waals surface area contributed by atoms with E-state index in [1.165, 1.54) is 36.6 Å². The minimum Gasteiger partial charge on any atom is -0.342 e. The molecule has 0 aliphatic heterocycles. The average Bonchev–Trinajstić information content (AvgIpc) is 3.14. The molecule has 1 saturated carbocycles. The third-order valence-corrected chi connectivity index (χ3v) is 6.74. The van der Waals surface area contributed by atoms with Gasteiger partial charge in [0.25, 0.3) is 0 Å². The molecule has 0 bridgehead atoms. The van der Waals surface area contributed by atoms with Gasteiger partial charge in [-0.3, -0.25) is 4.79 Å². The Morgan fingerprint density at radius 3 is 2.48 bits per heavy atom. The SMILES string of the molecule is Cc1ccc(-n2nnnc2S[C@@H](C(=O)N(C)C2CCCCC2)C(C)C)cc1. The predicted octanol–water partition coefficient (Wildman–Crippen LogP) is 3.88. The fraction of sp³-hybridized carbons (Fsp3) is 0.600. The van der Waals surface area contributed by atoms with Crippen LogP contribution in [0.25, 0.3) is 5.69 Å². The fourth-order valence-electron chi connectivity index (χ4n) is 3.53. The highest BCUT2D eigenvalue weighted by Crippen LogP contribution is 2.31. The van der Waals surface area contributed by atoms with Gasteiger partial charge in [0.1, 0.15) is 0 Å². The van der Waals surface area contributed by atoms with Crippen molar-refractivity contribution in [3.8, 4) is 5.69 Å². The summed E-state index contributed by atoms with van der Waals surface area (Å²) >= 11 is 1.47. The fourth-order valence-corrected chi connectivity index (χ4v) is 4.63. The number of tetrazole rings is 1. The molecule has 1 aliphatic carbocycles. The van der Waals surface area contributed by atoms with Crippen molar-refractivity contribution in [2.24, 2.45) is 5.92 Å². The molecule has 1 aromatic carbocycles. The lowest BCUT2D eigenvalue weighted by atomic mass is 9.94. The molecule has 0 saturated heterocycles. The van der Waals surface area contributed by atoms with Crippen LogP contribution in [0.5, 0.6) is 0 Å². The van der Waals surface area contributed by atoms with E-state index in [0.717, 1.165) is 18.5 Å². The molecule has 3 rings (SSSR count). The molecule has 146 valence electrons. The Bertz CT molecular complexity index is 752. The van der Waals surface area contributed by atoms with E-state index in [9.17, 15) is 4.79 Å². The molecular weight excluding hydrogens is 358 g/mol. The number of thioether (sulfide) groups is 1. The van der Waals surface area contributed by atoms with Gasteiger partial charge in [-0.05, 0) is 48.2 Å². The maximum absolute atomic E-state index is 13.2. The van der Waals surface area contributed by atoms with Crippen LogP contribution >= 0.6 is 11.8 Å². The summed E-state index contributed by atoms with van der Waals surface area (Å²) in [6, 6.07) is 8.42. The van der Waals surface area contributed by atoms with Gasteiger partial charge in [0.05, 0.1) is 10.9 Å². The first-order valence-electron chi connectivity index (χ1n) is 9.76. The van der Waals surface area contributed by atoms with E-state index in [1.54, 1.807) is 4.68 Å². The number of rotatable bonds is 6. The lowest BCUT2D eigenvalue weighted by molar-refractivity contribution is -0.132. The van der Waals surface area contributed by atoms with Gasteiger partial charge in [-0.15, -0.1) is 5.10 Å². The molecule has 7 heteroatoms. The van der Waals surface area contributed by atoms with Crippen LogP contribution in [0, 0.1) is 12.8 Å². The zero-order valence-electron chi connectivity index (χ0n) is 16.6. The van der Waals surface area contributed by atoms with Gasteiger partial charge in [0.2, 0.25) is 11.1 Å². The molecule has 1 fully saturated rings. The lowest BCUT2D eigenvalue weighted by Gasteiger charge is -2.34. The number of carbonyl (C=O) groups excluding carboxylic acids is 1. The van der Waals surface area contributed by atoms with Gasteiger partial charge < -0.3 is 4.90 Å². The van der Waals surface area contributed by atoms with Crippen LogP contribution in [0.3, 0.4) is 0 Å². The lowest BCUT2D eigenvalue weighted by Crippen LogP contribution is -2.44. The van der Waals surface area contributed by atoms with Crippen molar-refractivity contribution in [2.75, 3.05) is 7.05 Å². The Labute approximate surface area is 165 Å².